The van der Waals surface area contributed by atoms with E-state index in [0.29, 0.717) is 4.90 Å². The van der Waals surface area contributed by atoms with Gasteiger partial charge in [0.25, 0.3) is 5.69 Å². The smallest absolute Gasteiger partial charge is 0.324 e. The molecule has 0 heterocycles. The van der Waals surface area contributed by atoms with Crippen LogP contribution in [0.4, 0.5) is 5.69 Å². The number of rotatable bonds is 5. The summed E-state index contributed by atoms with van der Waals surface area (Å²) in [6.07, 6.45) is 0. The molecule has 0 amide bonds. The fraction of sp³-hybridized carbons (Fsp3) is 0.300. The average Bonchev–Trinajstić information content (AvgIpc) is 2.26. The molecule has 1 atom stereocenters. The van der Waals surface area contributed by atoms with Crippen LogP contribution < -0.4 is 5.73 Å². The highest BCUT2D eigenvalue weighted by molar-refractivity contribution is 7.99. The molecule has 0 aliphatic rings. The first-order valence-corrected chi connectivity index (χ1v) is 5.71. The molecule has 1 aromatic rings. The number of nitro benzene ring substituents is 1. The molecule has 0 fully saturated rings. The van der Waals surface area contributed by atoms with Crippen LogP contribution in [0.1, 0.15) is 6.92 Å². The van der Waals surface area contributed by atoms with Crippen molar-refractivity contribution in [2.75, 3.05) is 5.75 Å². The van der Waals surface area contributed by atoms with Crippen molar-refractivity contribution >= 4 is 23.4 Å². The molecule has 0 aliphatic carbocycles. The molecular formula is C10H12N2O4S. The van der Waals surface area contributed by atoms with Crippen molar-refractivity contribution in [2.45, 2.75) is 17.4 Å². The first-order valence-electron chi connectivity index (χ1n) is 4.73. The van der Waals surface area contributed by atoms with Gasteiger partial charge in [-0.1, -0.05) is 12.1 Å². The van der Waals surface area contributed by atoms with Crippen molar-refractivity contribution in [3.63, 3.8) is 0 Å². The van der Waals surface area contributed by atoms with E-state index in [1.165, 1.54) is 13.0 Å². The Morgan fingerprint density at radius 1 is 1.59 bits per heavy atom. The summed E-state index contributed by atoms with van der Waals surface area (Å²) >= 11 is 1.06. The number of aliphatic carboxylic acids is 1. The van der Waals surface area contributed by atoms with Gasteiger partial charge < -0.3 is 10.8 Å². The van der Waals surface area contributed by atoms with Crippen molar-refractivity contribution < 1.29 is 14.8 Å². The average molecular weight is 256 g/mol. The minimum atomic E-state index is -1.41. The Labute approximate surface area is 102 Å². The van der Waals surface area contributed by atoms with Crippen LogP contribution in [-0.4, -0.2) is 27.3 Å². The largest absolute Gasteiger partial charge is 0.480 e. The highest BCUT2D eigenvalue weighted by atomic mass is 32.2. The zero-order valence-electron chi connectivity index (χ0n) is 9.12. The molecule has 3 N–H and O–H groups in total. The Hall–Kier alpha value is -1.60. The van der Waals surface area contributed by atoms with Gasteiger partial charge in [-0.25, -0.2) is 0 Å². The summed E-state index contributed by atoms with van der Waals surface area (Å²) in [7, 11) is 0. The Morgan fingerprint density at radius 3 is 2.71 bits per heavy atom. The van der Waals surface area contributed by atoms with Crippen molar-refractivity contribution in [3.8, 4) is 0 Å². The van der Waals surface area contributed by atoms with E-state index in [1.54, 1.807) is 18.2 Å². The molecule has 0 saturated heterocycles. The van der Waals surface area contributed by atoms with Crippen LogP contribution in [0.2, 0.25) is 0 Å². The number of hydrogen-bond donors (Lipinski definition) is 2. The first kappa shape index (κ1) is 13.5. The van der Waals surface area contributed by atoms with Crippen molar-refractivity contribution in [3.05, 3.63) is 34.4 Å². The maximum Gasteiger partial charge on any atom is 0.324 e. The van der Waals surface area contributed by atoms with Crippen LogP contribution in [0.3, 0.4) is 0 Å². The second-order valence-corrected chi connectivity index (χ2v) is 4.75. The van der Waals surface area contributed by atoms with Gasteiger partial charge in [-0.05, 0) is 13.0 Å². The number of nitrogens with zero attached hydrogens (tertiary/aromatic N) is 1. The Kier molecular flexibility index (Phi) is 4.08. The van der Waals surface area contributed by atoms with E-state index >= 15 is 0 Å². The number of carboxylic acids is 1. The number of carboxylic acid groups (broad SMARTS) is 1. The lowest BCUT2D eigenvalue weighted by Gasteiger charge is -2.18. The summed E-state index contributed by atoms with van der Waals surface area (Å²) in [6, 6.07) is 6.16. The summed E-state index contributed by atoms with van der Waals surface area (Å²) < 4.78 is 0. The number of benzene rings is 1. The third-order valence-electron chi connectivity index (χ3n) is 2.08. The molecule has 0 spiro atoms. The number of nitrogens with two attached hydrogens (primary N) is 1. The van der Waals surface area contributed by atoms with Crippen LogP contribution in [0.15, 0.2) is 29.2 Å². The van der Waals surface area contributed by atoms with Gasteiger partial charge in [0.15, 0.2) is 0 Å². The summed E-state index contributed by atoms with van der Waals surface area (Å²) in [4.78, 5) is 21.4. The third-order valence-corrected chi connectivity index (χ3v) is 3.48. The number of nitro groups is 1. The van der Waals surface area contributed by atoms with Crippen LogP contribution in [-0.2, 0) is 4.79 Å². The molecule has 0 aromatic heterocycles. The first-order chi connectivity index (χ1) is 7.84. The van der Waals surface area contributed by atoms with Gasteiger partial charge >= 0.3 is 5.97 Å². The molecule has 0 saturated carbocycles. The molecule has 0 aliphatic heterocycles. The third kappa shape index (κ3) is 3.43. The highest BCUT2D eigenvalue weighted by Crippen LogP contribution is 2.30. The fourth-order valence-corrected chi connectivity index (χ4v) is 2.06. The number of carbonyl (C=O) groups is 1. The van der Waals surface area contributed by atoms with E-state index in [9.17, 15) is 14.9 Å². The van der Waals surface area contributed by atoms with E-state index in [4.69, 9.17) is 10.8 Å². The van der Waals surface area contributed by atoms with E-state index < -0.39 is 16.4 Å². The van der Waals surface area contributed by atoms with Crippen LogP contribution in [0.25, 0.3) is 0 Å². The Morgan fingerprint density at radius 2 is 2.18 bits per heavy atom. The second kappa shape index (κ2) is 5.15. The standard InChI is InChI=1S/C10H12N2O4S/c1-10(11,9(13)14)6-17-8-5-3-2-4-7(8)12(15)16/h2-5H,6,11H2,1H3,(H,13,14). The van der Waals surface area contributed by atoms with Gasteiger partial charge in [0.2, 0.25) is 0 Å². The van der Waals surface area contributed by atoms with Crippen molar-refractivity contribution in [2.24, 2.45) is 5.73 Å². The summed E-state index contributed by atoms with van der Waals surface area (Å²) in [5, 5.41) is 19.6. The number of para-hydroxylation sites is 1. The minimum Gasteiger partial charge on any atom is -0.480 e. The minimum absolute atomic E-state index is 0.0429. The van der Waals surface area contributed by atoms with Crippen LogP contribution in [0, 0.1) is 10.1 Å². The maximum absolute atomic E-state index is 10.8. The molecule has 1 unspecified atom stereocenters. The maximum atomic E-state index is 10.8. The monoisotopic (exact) mass is 256 g/mol. The van der Waals surface area contributed by atoms with E-state index in [2.05, 4.69) is 0 Å². The lowest BCUT2D eigenvalue weighted by molar-refractivity contribution is -0.387. The topological polar surface area (TPSA) is 106 Å². The molecule has 17 heavy (non-hydrogen) atoms. The van der Waals surface area contributed by atoms with Gasteiger partial charge in [0.05, 0.1) is 9.82 Å². The molecule has 92 valence electrons. The van der Waals surface area contributed by atoms with Gasteiger partial charge in [-0.2, -0.15) is 0 Å². The molecule has 7 heteroatoms. The molecule has 6 nitrogen and oxygen atoms in total. The summed E-state index contributed by atoms with van der Waals surface area (Å²) in [5.74, 6) is -1.07. The predicted octanol–water partition coefficient (Wildman–Crippen LogP) is 1.49. The zero-order chi connectivity index (χ0) is 13.1. The summed E-state index contributed by atoms with van der Waals surface area (Å²) in [6.45, 7) is 1.37. The fourth-order valence-electron chi connectivity index (χ4n) is 1.02. The predicted molar refractivity (Wildman–Crippen MR) is 64.0 cm³/mol. The molecule has 0 bridgehead atoms. The zero-order valence-corrected chi connectivity index (χ0v) is 9.94. The second-order valence-electron chi connectivity index (χ2n) is 3.74. The summed E-state index contributed by atoms with van der Waals surface area (Å²) in [5.41, 5.74) is 4.09. The van der Waals surface area contributed by atoms with Gasteiger partial charge in [0, 0.05) is 11.8 Å². The molecule has 1 aromatic carbocycles. The van der Waals surface area contributed by atoms with Crippen LogP contribution >= 0.6 is 11.8 Å². The van der Waals surface area contributed by atoms with Crippen molar-refractivity contribution in [1.82, 2.24) is 0 Å². The Bertz CT molecular complexity index is 448. The lowest BCUT2D eigenvalue weighted by atomic mass is 10.1. The van der Waals surface area contributed by atoms with E-state index in [-0.39, 0.29) is 11.4 Å². The Balaban J connectivity index is 2.83. The van der Waals surface area contributed by atoms with Crippen LogP contribution in [0.5, 0.6) is 0 Å². The normalized spacial score (nSPS) is 14.0. The molecule has 1 rings (SSSR count). The van der Waals surface area contributed by atoms with E-state index in [0.717, 1.165) is 11.8 Å². The highest BCUT2D eigenvalue weighted by Gasteiger charge is 2.29. The van der Waals surface area contributed by atoms with Crippen molar-refractivity contribution in [1.29, 1.82) is 0 Å². The van der Waals surface area contributed by atoms with Gasteiger partial charge in [-0.3, -0.25) is 14.9 Å². The molecule has 0 radical (unpaired) electrons. The molecular weight excluding hydrogens is 244 g/mol. The SMILES string of the molecule is CC(N)(CSc1ccccc1[N+](=O)[O-])C(=O)O. The number of hydrogen-bond acceptors (Lipinski definition) is 5. The number of thioether (sulfide) groups is 1. The van der Waals surface area contributed by atoms with Gasteiger partial charge in [-0.15, -0.1) is 11.8 Å². The quantitative estimate of drug-likeness (QED) is 0.469. The lowest BCUT2D eigenvalue weighted by Crippen LogP contribution is -2.47. The van der Waals surface area contributed by atoms with E-state index in [1.807, 2.05) is 0 Å². The van der Waals surface area contributed by atoms with Gasteiger partial charge in [0.1, 0.15) is 5.54 Å².